The molecule has 4 heteroatoms. The number of hydrogen-bond acceptors (Lipinski definition) is 3. The number of nitrogens with zero attached hydrogens (tertiary/aromatic N) is 2. The van der Waals surface area contributed by atoms with E-state index >= 15 is 0 Å². The molecule has 1 aromatic heterocycles. The molecule has 0 spiro atoms. The number of anilines is 1. The third kappa shape index (κ3) is 3.84. The Balaban J connectivity index is 2.04. The van der Waals surface area contributed by atoms with Crippen LogP contribution in [-0.4, -0.2) is 29.3 Å². The topological polar surface area (TPSA) is 39.1 Å². The van der Waals surface area contributed by atoms with Gasteiger partial charge in [-0.1, -0.05) is 17.7 Å². The van der Waals surface area contributed by atoms with Crippen molar-refractivity contribution in [3.05, 3.63) is 41.7 Å². The van der Waals surface area contributed by atoms with E-state index in [1.807, 2.05) is 13.8 Å². The summed E-state index contributed by atoms with van der Waals surface area (Å²) in [6.45, 7) is 8.54. The Morgan fingerprint density at radius 3 is 2.65 bits per heavy atom. The molecule has 0 amide bonds. The smallest absolute Gasteiger partial charge is 0.207 e. The average molecular weight is 273 g/mol. The number of aromatic nitrogens is 2. The fraction of sp³-hybridized carbons (Fsp3) is 0.438. The average Bonchev–Trinajstić information content (AvgIpc) is 2.80. The highest BCUT2D eigenvalue weighted by atomic mass is 16.5. The molecule has 0 aliphatic heterocycles. The maximum Gasteiger partial charge on any atom is 0.207 e. The molecule has 0 radical (unpaired) electrons. The Kier molecular flexibility index (Phi) is 5.18. The molecular formula is C16H23N3O. The van der Waals surface area contributed by atoms with Crippen LogP contribution >= 0.6 is 0 Å². The molecule has 0 bridgehead atoms. The van der Waals surface area contributed by atoms with E-state index < -0.39 is 0 Å². The highest BCUT2D eigenvalue weighted by Gasteiger charge is 2.06. The molecular weight excluding hydrogens is 250 g/mol. The van der Waals surface area contributed by atoms with Crippen LogP contribution in [0.25, 0.3) is 5.69 Å². The number of aryl methyl sites for hydroxylation is 2. The second kappa shape index (κ2) is 7.10. The molecule has 2 aromatic rings. The lowest BCUT2D eigenvalue weighted by Crippen LogP contribution is -2.09. The van der Waals surface area contributed by atoms with E-state index in [0.29, 0.717) is 0 Å². The molecule has 0 aliphatic carbocycles. The van der Waals surface area contributed by atoms with E-state index in [0.717, 1.165) is 43.5 Å². The number of hydrogen-bond donors (Lipinski definition) is 1. The zero-order valence-electron chi connectivity index (χ0n) is 12.5. The van der Waals surface area contributed by atoms with E-state index in [1.54, 1.807) is 0 Å². The van der Waals surface area contributed by atoms with Gasteiger partial charge >= 0.3 is 0 Å². The number of ether oxygens (including phenoxy) is 1. The van der Waals surface area contributed by atoms with Crippen LogP contribution in [0.15, 0.2) is 30.5 Å². The van der Waals surface area contributed by atoms with E-state index in [4.69, 9.17) is 4.74 Å². The van der Waals surface area contributed by atoms with Crippen molar-refractivity contribution < 1.29 is 4.74 Å². The molecule has 0 aliphatic rings. The van der Waals surface area contributed by atoms with Crippen molar-refractivity contribution in [3.8, 4) is 5.69 Å². The third-order valence-electron chi connectivity index (χ3n) is 3.09. The first-order valence-electron chi connectivity index (χ1n) is 7.15. The van der Waals surface area contributed by atoms with Crippen molar-refractivity contribution in [1.82, 2.24) is 9.55 Å². The molecule has 1 N–H and O–H groups in total. The molecule has 108 valence electrons. The first kappa shape index (κ1) is 14.6. The number of rotatable bonds is 7. The summed E-state index contributed by atoms with van der Waals surface area (Å²) in [4.78, 5) is 4.54. The summed E-state index contributed by atoms with van der Waals surface area (Å²) in [5.41, 5.74) is 3.40. The van der Waals surface area contributed by atoms with Crippen LogP contribution in [-0.2, 0) is 4.74 Å². The minimum Gasteiger partial charge on any atom is -0.382 e. The normalized spacial score (nSPS) is 10.8. The van der Waals surface area contributed by atoms with Crippen molar-refractivity contribution in [1.29, 1.82) is 0 Å². The lowest BCUT2D eigenvalue weighted by molar-refractivity contribution is 0.147. The highest BCUT2D eigenvalue weighted by molar-refractivity contribution is 5.43. The predicted molar refractivity (Wildman–Crippen MR) is 82.6 cm³/mol. The van der Waals surface area contributed by atoms with E-state index in [9.17, 15) is 0 Å². The molecule has 0 saturated carbocycles. The van der Waals surface area contributed by atoms with E-state index in [1.165, 1.54) is 5.56 Å². The Labute approximate surface area is 120 Å². The Morgan fingerprint density at radius 1 is 1.20 bits per heavy atom. The van der Waals surface area contributed by atoms with E-state index in [2.05, 4.69) is 52.3 Å². The fourth-order valence-electron chi connectivity index (χ4n) is 2.04. The first-order valence-corrected chi connectivity index (χ1v) is 7.15. The maximum absolute atomic E-state index is 5.34. The van der Waals surface area contributed by atoms with Crippen LogP contribution in [0, 0.1) is 13.8 Å². The van der Waals surface area contributed by atoms with Gasteiger partial charge in [0.15, 0.2) is 0 Å². The summed E-state index contributed by atoms with van der Waals surface area (Å²) < 4.78 is 7.43. The lowest BCUT2D eigenvalue weighted by atomic mass is 10.2. The van der Waals surface area contributed by atoms with Gasteiger partial charge in [-0.25, -0.2) is 4.98 Å². The van der Waals surface area contributed by atoms with Gasteiger partial charge in [-0.05, 0) is 39.3 Å². The molecule has 0 fully saturated rings. The molecule has 20 heavy (non-hydrogen) atoms. The fourth-order valence-corrected chi connectivity index (χ4v) is 2.04. The number of benzene rings is 1. The molecule has 2 rings (SSSR count). The van der Waals surface area contributed by atoms with Gasteiger partial charge in [0.1, 0.15) is 0 Å². The van der Waals surface area contributed by atoms with Gasteiger partial charge in [0.05, 0.1) is 5.69 Å². The Hall–Kier alpha value is -1.81. The molecule has 1 aromatic carbocycles. The number of nitrogens with one attached hydrogen (secondary N) is 1. The zero-order valence-corrected chi connectivity index (χ0v) is 12.5. The Morgan fingerprint density at radius 2 is 1.95 bits per heavy atom. The van der Waals surface area contributed by atoms with Crippen LogP contribution in [0.4, 0.5) is 5.95 Å². The Bertz CT molecular complexity index is 531. The molecule has 1 heterocycles. The summed E-state index contributed by atoms with van der Waals surface area (Å²) in [6, 6.07) is 8.46. The van der Waals surface area contributed by atoms with Gasteiger partial charge in [0.25, 0.3) is 0 Å². The predicted octanol–water partition coefficient (Wildman–Crippen LogP) is 3.33. The summed E-state index contributed by atoms with van der Waals surface area (Å²) in [5, 5.41) is 3.38. The van der Waals surface area contributed by atoms with Crippen LogP contribution in [0.2, 0.25) is 0 Å². The lowest BCUT2D eigenvalue weighted by Gasteiger charge is -2.10. The monoisotopic (exact) mass is 273 g/mol. The first-order chi connectivity index (χ1) is 9.70. The summed E-state index contributed by atoms with van der Waals surface area (Å²) in [6.07, 6.45) is 3.03. The van der Waals surface area contributed by atoms with Gasteiger partial charge < -0.3 is 10.1 Å². The van der Waals surface area contributed by atoms with Crippen LogP contribution in [0.5, 0.6) is 0 Å². The van der Waals surface area contributed by atoms with Crippen molar-refractivity contribution >= 4 is 5.95 Å². The van der Waals surface area contributed by atoms with Crippen LogP contribution in [0.3, 0.4) is 0 Å². The van der Waals surface area contributed by atoms with Gasteiger partial charge in [-0.2, -0.15) is 0 Å². The standard InChI is InChI=1S/C16H23N3O/c1-4-20-11-5-10-17-16-18-14(3)12-19(16)15-8-6-13(2)7-9-15/h6-9,12H,4-5,10-11H2,1-3H3,(H,17,18). The van der Waals surface area contributed by atoms with Crippen molar-refractivity contribution in [2.75, 3.05) is 25.1 Å². The van der Waals surface area contributed by atoms with Crippen LogP contribution in [0.1, 0.15) is 24.6 Å². The largest absolute Gasteiger partial charge is 0.382 e. The van der Waals surface area contributed by atoms with Crippen molar-refractivity contribution in [2.45, 2.75) is 27.2 Å². The molecule has 0 saturated heterocycles. The van der Waals surface area contributed by atoms with Gasteiger partial charge in [-0.15, -0.1) is 0 Å². The molecule has 0 atom stereocenters. The van der Waals surface area contributed by atoms with Crippen molar-refractivity contribution in [3.63, 3.8) is 0 Å². The minimum absolute atomic E-state index is 0.775. The highest BCUT2D eigenvalue weighted by Crippen LogP contribution is 2.17. The summed E-state index contributed by atoms with van der Waals surface area (Å²) in [7, 11) is 0. The zero-order chi connectivity index (χ0) is 14.4. The number of imidazole rings is 1. The molecule has 4 nitrogen and oxygen atoms in total. The summed E-state index contributed by atoms with van der Waals surface area (Å²) >= 11 is 0. The second-order valence-electron chi connectivity index (χ2n) is 4.89. The SMILES string of the molecule is CCOCCCNc1nc(C)cn1-c1ccc(C)cc1. The maximum atomic E-state index is 5.34. The second-order valence-corrected chi connectivity index (χ2v) is 4.89. The minimum atomic E-state index is 0.775. The van der Waals surface area contributed by atoms with Crippen molar-refractivity contribution in [2.24, 2.45) is 0 Å². The summed E-state index contributed by atoms with van der Waals surface area (Å²) in [5.74, 6) is 0.892. The molecule has 0 unspecified atom stereocenters. The van der Waals surface area contributed by atoms with Gasteiger partial charge in [0.2, 0.25) is 5.95 Å². The quantitative estimate of drug-likeness (QED) is 0.786. The third-order valence-corrected chi connectivity index (χ3v) is 3.09. The van der Waals surface area contributed by atoms with E-state index in [-0.39, 0.29) is 0 Å². The van der Waals surface area contributed by atoms with Crippen LogP contribution < -0.4 is 5.32 Å². The van der Waals surface area contributed by atoms with Gasteiger partial charge in [0, 0.05) is 31.6 Å². The van der Waals surface area contributed by atoms with Gasteiger partial charge in [-0.3, -0.25) is 4.57 Å².